The molecule has 7 heteroatoms. The van der Waals surface area contributed by atoms with Crippen LogP contribution in [0.25, 0.3) is 17.0 Å². The van der Waals surface area contributed by atoms with Crippen molar-refractivity contribution in [3.05, 3.63) is 70.6 Å². The summed E-state index contributed by atoms with van der Waals surface area (Å²) in [5.74, 6) is 0.577. The van der Waals surface area contributed by atoms with Crippen LogP contribution >= 0.6 is 0 Å². The van der Waals surface area contributed by atoms with E-state index in [1.54, 1.807) is 30.3 Å². The van der Waals surface area contributed by atoms with E-state index in [0.717, 1.165) is 0 Å². The predicted molar refractivity (Wildman–Crippen MR) is 108 cm³/mol. The third-order valence-electron chi connectivity index (χ3n) is 4.43. The Labute approximate surface area is 167 Å². The van der Waals surface area contributed by atoms with Gasteiger partial charge in [0.05, 0.1) is 6.26 Å². The molecule has 0 aliphatic rings. The zero-order valence-electron chi connectivity index (χ0n) is 16.5. The summed E-state index contributed by atoms with van der Waals surface area (Å²) in [6.45, 7) is 5.84. The van der Waals surface area contributed by atoms with Crippen LogP contribution in [0, 0.1) is 5.41 Å². The van der Waals surface area contributed by atoms with Crippen molar-refractivity contribution in [3.8, 4) is 5.75 Å². The maximum Gasteiger partial charge on any atom is 0.411 e. The van der Waals surface area contributed by atoms with Gasteiger partial charge in [-0.1, -0.05) is 20.8 Å². The molecule has 7 nitrogen and oxygen atoms in total. The van der Waals surface area contributed by atoms with Gasteiger partial charge >= 0.3 is 11.7 Å². The Bertz CT molecular complexity index is 1070. The molecule has 1 atom stereocenters. The van der Waals surface area contributed by atoms with Gasteiger partial charge in [0.25, 0.3) is 0 Å². The van der Waals surface area contributed by atoms with Gasteiger partial charge in [-0.25, -0.2) is 9.59 Å². The molecule has 0 unspecified atom stereocenters. The van der Waals surface area contributed by atoms with Crippen molar-refractivity contribution < 1.29 is 23.5 Å². The van der Waals surface area contributed by atoms with Gasteiger partial charge in [0.2, 0.25) is 0 Å². The molecule has 2 N–H and O–H groups in total. The van der Waals surface area contributed by atoms with Crippen LogP contribution in [0.2, 0.25) is 0 Å². The number of ether oxygens (including phenoxy) is 1. The molecule has 1 aromatic carbocycles. The van der Waals surface area contributed by atoms with Gasteiger partial charge in [0.1, 0.15) is 23.2 Å². The molecular formula is C22H23NO6. The second kappa shape index (κ2) is 8.26. The molecule has 0 spiro atoms. The van der Waals surface area contributed by atoms with Gasteiger partial charge in [-0.05, 0) is 41.3 Å². The highest BCUT2D eigenvalue weighted by Gasteiger charge is 2.29. The SMILES string of the molecule is CC(C)(C)[C@H](Cc1cc2ccc(=O)oc2cc1O)OC(=O)N/C=C/c1ccco1. The van der Waals surface area contributed by atoms with Crippen LogP contribution in [-0.4, -0.2) is 17.3 Å². The average molecular weight is 397 g/mol. The van der Waals surface area contributed by atoms with E-state index in [1.165, 1.54) is 24.6 Å². The highest BCUT2D eigenvalue weighted by Crippen LogP contribution is 2.31. The highest BCUT2D eigenvalue weighted by atomic mass is 16.6. The minimum Gasteiger partial charge on any atom is -0.508 e. The molecule has 3 rings (SSSR count). The van der Waals surface area contributed by atoms with Gasteiger partial charge in [0.15, 0.2) is 0 Å². The normalized spacial score (nSPS) is 12.9. The fourth-order valence-corrected chi connectivity index (χ4v) is 2.78. The smallest absolute Gasteiger partial charge is 0.411 e. The van der Waals surface area contributed by atoms with E-state index in [9.17, 15) is 14.7 Å². The van der Waals surface area contributed by atoms with Gasteiger partial charge < -0.3 is 18.7 Å². The van der Waals surface area contributed by atoms with E-state index in [4.69, 9.17) is 13.6 Å². The molecule has 0 bridgehead atoms. The number of carbonyl (C=O) groups is 1. The van der Waals surface area contributed by atoms with Crippen LogP contribution < -0.4 is 10.9 Å². The number of carbonyl (C=O) groups excluding carboxylic acids is 1. The first-order valence-corrected chi connectivity index (χ1v) is 9.15. The summed E-state index contributed by atoms with van der Waals surface area (Å²) in [6.07, 6.45) is 3.75. The van der Waals surface area contributed by atoms with Gasteiger partial charge in [-0.2, -0.15) is 0 Å². The Morgan fingerprint density at radius 1 is 1.28 bits per heavy atom. The first-order valence-electron chi connectivity index (χ1n) is 9.15. The molecule has 0 saturated carbocycles. The topological polar surface area (TPSA) is 102 Å². The highest BCUT2D eigenvalue weighted by molar-refractivity contribution is 5.79. The molecule has 0 fully saturated rings. The van der Waals surface area contributed by atoms with Crippen LogP contribution in [0.4, 0.5) is 4.79 Å². The Balaban J connectivity index is 1.74. The minimum absolute atomic E-state index is 0.0252. The number of nitrogens with one attached hydrogen (secondary N) is 1. The second-order valence-electron chi connectivity index (χ2n) is 7.73. The van der Waals surface area contributed by atoms with Crippen molar-refractivity contribution in [2.75, 3.05) is 0 Å². The predicted octanol–water partition coefficient (Wildman–Crippen LogP) is 4.45. The average Bonchev–Trinajstić information content (AvgIpc) is 3.14. The number of hydrogen-bond donors (Lipinski definition) is 2. The summed E-state index contributed by atoms with van der Waals surface area (Å²) in [7, 11) is 0. The molecule has 0 aliphatic carbocycles. The molecule has 152 valence electrons. The maximum absolute atomic E-state index is 12.2. The Morgan fingerprint density at radius 2 is 2.07 bits per heavy atom. The number of phenolic OH excluding ortho intramolecular Hbond substituents is 1. The molecule has 1 amide bonds. The second-order valence-corrected chi connectivity index (χ2v) is 7.73. The van der Waals surface area contributed by atoms with Crippen LogP contribution in [0.15, 0.2) is 62.5 Å². The zero-order chi connectivity index (χ0) is 21.0. The Morgan fingerprint density at radius 3 is 2.76 bits per heavy atom. The number of furan rings is 1. The summed E-state index contributed by atoms with van der Waals surface area (Å²) < 4.78 is 15.8. The molecule has 0 saturated heterocycles. The third kappa shape index (κ3) is 5.28. The Hall–Kier alpha value is -3.48. The molecule has 3 aromatic rings. The molecular weight excluding hydrogens is 374 g/mol. The maximum atomic E-state index is 12.2. The number of hydrogen-bond acceptors (Lipinski definition) is 6. The van der Waals surface area contributed by atoms with E-state index in [0.29, 0.717) is 28.7 Å². The van der Waals surface area contributed by atoms with Crippen molar-refractivity contribution >= 4 is 23.1 Å². The number of benzene rings is 1. The quantitative estimate of drug-likeness (QED) is 0.617. The van der Waals surface area contributed by atoms with Crippen molar-refractivity contribution in [1.82, 2.24) is 5.32 Å². The molecule has 0 aliphatic heterocycles. The standard InChI is InChI=1S/C22H23NO6/c1-22(2,3)19(29-21(26)23-9-8-16-5-4-10-27-16)12-15-11-14-6-7-20(25)28-18(14)13-17(15)24/h4-11,13,19,24H,12H2,1-3H3,(H,23,26)/b9-8+/t19-/m0/s1. The van der Waals surface area contributed by atoms with E-state index >= 15 is 0 Å². The zero-order valence-corrected chi connectivity index (χ0v) is 16.5. The van der Waals surface area contributed by atoms with E-state index < -0.39 is 17.8 Å². The lowest BCUT2D eigenvalue weighted by molar-refractivity contribution is 0.0334. The number of rotatable bonds is 5. The van der Waals surface area contributed by atoms with Crippen LogP contribution in [-0.2, 0) is 11.2 Å². The number of aromatic hydroxyl groups is 1. The minimum atomic E-state index is -0.612. The van der Waals surface area contributed by atoms with Crippen LogP contribution in [0.5, 0.6) is 5.75 Å². The van der Waals surface area contributed by atoms with Gasteiger partial charge in [-0.3, -0.25) is 5.32 Å². The molecule has 2 aromatic heterocycles. The van der Waals surface area contributed by atoms with Crippen molar-refractivity contribution in [3.63, 3.8) is 0 Å². The molecule has 29 heavy (non-hydrogen) atoms. The fraction of sp³-hybridized carbons (Fsp3) is 0.273. The van der Waals surface area contributed by atoms with Crippen molar-refractivity contribution in [2.24, 2.45) is 5.41 Å². The summed E-state index contributed by atoms with van der Waals surface area (Å²) in [5.41, 5.74) is 0.0185. The monoisotopic (exact) mass is 397 g/mol. The number of amides is 1. The van der Waals surface area contributed by atoms with Gasteiger partial charge in [-0.15, -0.1) is 0 Å². The first kappa shape index (κ1) is 20.3. The largest absolute Gasteiger partial charge is 0.508 e. The lowest BCUT2D eigenvalue weighted by atomic mass is 9.85. The number of phenols is 1. The fourth-order valence-electron chi connectivity index (χ4n) is 2.78. The van der Waals surface area contributed by atoms with Crippen molar-refractivity contribution in [1.29, 1.82) is 0 Å². The lowest BCUT2D eigenvalue weighted by Crippen LogP contribution is -2.36. The van der Waals surface area contributed by atoms with E-state index in [-0.39, 0.29) is 11.2 Å². The lowest BCUT2D eigenvalue weighted by Gasteiger charge is -2.30. The number of fused-ring (bicyclic) bond motifs is 1. The Kier molecular flexibility index (Phi) is 5.77. The van der Waals surface area contributed by atoms with E-state index in [1.807, 2.05) is 20.8 Å². The number of alkyl carbamates (subject to hydrolysis) is 1. The van der Waals surface area contributed by atoms with E-state index in [2.05, 4.69) is 5.32 Å². The summed E-state index contributed by atoms with van der Waals surface area (Å²) >= 11 is 0. The molecule has 2 heterocycles. The summed E-state index contributed by atoms with van der Waals surface area (Å²) in [5, 5.41) is 13.6. The van der Waals surface area contributed by atoms with Crippen LogP contribution in [0.1, 0.15) is 32.1 Å². The first-order chi connectivity index (χ1) is 13.7. The summed E-state index contributed by atoms with van der Waals surface area (Å²) in [6, 6.07) is 9.58. The van der Waals surface area contributed by atoms with Crippen molar-refractivity contribution in [2.45, 2.75) is 33.3 Å². The van der Waals surface area contributed by atoms with Gasteiger partial charge in [0, 0.05) is 30.1 Å². The summed E-state index contributed by atoms with van der Waals surface area (Å²) in [4.78, 5) is 23.6. The third-order valence-corrected chi connectivity index (χ3v) is 4.43. The molecule has 0 radical (unpaired) electrons. The van der Waals surface area contributed by atoms with Crippen LogP contribution in [0.3, 0.4) is 0 Å².